The van der Waals surface area contributed by atoms with Crippen molar-refractivity contribution in [3.63, 3.8) is 0 Å². The highest BCUT2D eigenvalue weighted by Crippen LogP contribution is 2.23. The third-order valence-corrected chi connectivity index (χ3v) is 3.28. The lowest BCUT2D eigenvalue weighted by Crippen LogP contribution is -2.23. The van der Waals surface area contributed by atoms with Crippen LogP contribution in [0.25, 0.3) is 0 Å². The molecule has 1 aromatic rings. The molecule has 1 fully saturated rings. The second-order valence-corrected chi connectivity index (χ2v) is 4.63. The van der Waals surface area contributed by atoms with Crippen LogP contribution in [0.5, 0.6) is 0 Å². The molecule has 94 valence electrons. The lowest BCUT2D eigenvalue weighted by molar-refractivity contribution is -0.402. The summed E-state index contributed by atoms with van der Waals surface area (Å²) in [4.78, 5) is 9.92. The predicted octanol–water partition coefficient (Wildman–Crippen LogP) is 2.86. The molecule has 1 aliphatic carbocycles. The lowest BCUT2D eigenvalue weighted by Gasteiger charge is -2.21. The average molecular weight is 238 g/mol. The van der Waals surface area contributed by atoms with E-state index < -0.39 is 4.92 Å². The van der Waals surface area contributed by atoms with Crippen LogP contribution in [-0.2, 0) is 6.54 Å². The van der Waals surface area contributed by atoms with Gasteiger partial charge in [-0.15, -0.1) is 0 Å². The Morgan fingerprint density at radius 3 is 2.76 bits per heavy atom. The molecule has 1 aliphatic rings. The molecule has 1 aromatic heterocycles. The van der Waals surface area contributed by atoms with Crippen LogP contribution in [-0.4, -0.2) is 11.5 Å². The van der Waals surface area contributed by atoms with E-state index in [-0.39, 0.29) is 5.88 Å². The highest BCUT2D eigenvalue weighted by molar-refractivity contribution is 5.17. The normalized spacial score (nSPS) is 17.2. The fraction of sp³-hybridized carbons (Fsp3) is 0.667. The van der Waals surface area contributed by atoms with E-state index in [0.717, 1.165) is 12.5 Å². The Morgan fingerprint density at radius 2 is 2.12 bits per heavy atom. The summed E-state index contributed by atoms with van der Waals surface area (Å²) in [5, 5.41) is 13.7. The number of nitrogens with zero attached hydrogens (tertiary/aromatic N) is 1. The Kier molecular flexibility index (Phi) is 4.14. The van der Waals surface area contributed by atoms with Gasteiger partial charge in [-0.05, 0) is 31.4 Å². The molecule has 5 nitrogen and oxygen atoms in total. The second-order valence-electron chi connectivity index (χ2n) is 4.63. The molecule has 0 atom stereocenters. The minimum Gasteiger partial charge on any atom is -0.404 e. The van der Waals surface area contributed by atoms with Gasteiger partial charge in [0.25, 0.3) is 0 Å². The maximum Gasteiger partial charge on any atom is 0.433 e. The molecular weight excluding hydrogens is 220 g/mol. The van der Waals surface area contributed by atoms with E-state index in [2.05, 4.69) is 5.32 Å². The van der Waals surface area contributed by atoms with E-state index >= 15 is 0 Å². The van der Waals surface area contributed by atoms with Crippen LogP contribution >= 0.6 is 0 Å². The molecule has 2 rings (SSSR count). The molecule has 0 saturated heterocycles. The molecule has 0 aliphatic heterocycles. The molecule has 0 amide bonds. The van der Waals surface area contributed by atoms with Crippen LogP contribution in [0.15, 0.2) is 16.5 Å². The van der Waals surface area contributed by atoms with E-state index in [9.17, 15) is 10.1 Å². The summed E-state index contributed by atoms with van der Waals surface area (Å²) < 4.78 is 5.07. The Morgan fingerprint density at radius 1 is 1.35 bits per heavy atom. The smallest absolute Gasteiger partial charge is 0.404 e. The Balaban J connectivity index is 1.71. The van der Waals surface area contributed by atoms with Crippen LogP contribution in [0.4, 0.5) is 5.88 Å². The third kappa shape index (κ3) is 3.56. The Bertz CT molecular complexity index is 370. The number of nitro groups is 1. The van der Waals surface area contributed by atoms with Crippen molar-refractivity contribution in [2.45, 2.75) is 38.6 Å². The molecule has 1 N–H and O–H groups in total. The minimum atomic E-state index is -0.509. The van der Waals surface area contributed by atoms with E-state index in [1.54, 1.807) is 6.07 Å². The fourth-order valence-corrected chi connectivity index (χ4v) is 2.35. The quantitative estimate of drug-likeness (QED) is 0.632. The number of rotatable bonds is 5. The maximum absolute atomic E-state index is 10.4. The van der Waals surface area contributed by atoms with Gasteiger partial charge in [0.1, 0.15) is 10.7 Å². The molecule has 0 aromatic carbocycles. The van der Waals surface area contributed by atoms with Gasteiger partial charge in [-0.3, -0.25) is 10.1 Å². The summed E-state index contributed by atoms with van der Waals surface area (Å²) >= 11 is 0. The predicted molar refractivity (Wildman–Crippen MR) is 63.6 cm³/mol. The summed E-state index contributed by atoms with van der Waals surface area (Å²) in [6.07, 6.45) is 6.62. The van der Waals surface area contributed by atoms with Crippen molar-refractivity contribution in [1.29, 1.82) is 0 Å². The van der Waals surface area contributed by atoms with Crippen LogP contribution in [0.3, 0.4) is 0 Å². The molecule has 0 spiro atoms. The maximum atomic E-state index is 10.4. The van der Waals surface area contributed by atoms with E-state index in [1.807, 2.05) is 0 Å². The van der Waals surface area contributed by atoms with Crippen LogP contribution in [0, 0.1) is 16.0 Å². The molecule has 0 bridgehead atoms. The van der Waals surface area contributed by atoms with Gasteiger partial charge >= 0.3 is 5.88 Å². The monoisotopic (exact) mass is 238 g/mol. The van der Waals surface area contributed by atoms with Crippen molar-refractivity contribution in [3.05, 3.63) is 28.0 Å². The SMILES string of the molecule is O=[N+]([O-])c1ccc(CNCC2CCCCC2)o1. The van der Waals surface area contributed by atoms with Gasteiger partial charge in [0, 0.05) is 0 Å². The molecular formula is C12H18N2O3. The number of hydrogen-bond acceptors (Lipinski definition) is 4. The van der Waals surface area contributed by atoms with Crippen molar-refractivity contribution in [2.75, 3.05) is 6.54 Å². The highest BCUT2D eigenvalue weighted by Gasteiger charge is 2.14. The average Bonchev–Trinajstić information content (AvgIpc) is 2.79. The Hall–Kier alpha value is -1.36. The first-order valence-corrected chi connectivity index (χ1v) is 6.19. The Labute approximate surface area is 100 Å². The summed E-state index contributed by atoms with van der Waals surface area (Å²) in [6.45, 7) is 1.55. The van der Waals surface area contributed by atoms with Crippen molar-refractivity contribution in [3.8, 4) is 0 Å². The van der Waals surface area contributed by atoms with Crippen molar-refractivity contribution < 1.29 is 9.34 Å². The summed E-state index contributed by atoms with van der Waals surface area (Å²) in [5.74, 6) is 1.21. The van der Waals surface area contributed by atoms with Gasteiger partial charge in [-0.1, -0.05) is 19.3 Å². The van der Waals surface area contributed by atoms with Gasteiger partial charge in [-0.25, -0.2) is 0 Å². The molecule has 1 heterocycles. The first kappa shape index (κ1) is 12.1. The van der Waals surface area contributed by atoms with Crippen LogP contribution in [0.2, 0.25) is 0 Å². The molecule has 1 saturated carbocycles. The zero-order valence-electron chi connectivity index (χ0n) is 9.85. The number of hydrogen-bond donors (Lipinski definition) is 1. The summed E-state index contributed by atoms with van der Waals surface area (Å²) in [5.41, 5.74) is 0. The fourth-order valence-electron chi connectivity index (χ4n) is 2.35. The highest BCUT2D eigenvalue weighted by atomic mass is 16.6. The van der Waals surface area contributed by atoms with Gasteiger partial charge < -0.3 is 9.73 Å². The first-order valence-electron chi connectivity index (χ1n) is 6.19. The molecule has 0 unspecified atom stereocenters. The van der Waals surface area contributed by atoms with Gasteiger partial charge in [0.2, 0.25) is 0 Å². The van der Waals surface area contributed by atoms with Gasteiger partial charge in [0.05, 0.1) is 12.6 Å². The third-order valence-electron chi connectivity index (χ3n) is 3.28. The van der Waals surface area contributed by atoms with Crippen molar-refractivity contribution in [1.82, 2.24) is 5.32 Å². The molecule has 17 heavy (non-hydrogen) atoms. The van der Waals surface area contributed by atoms with Crippen molar-refractivity contribution >= 4 is 5.88 Å². The number of furan rings is 1. The standard InChI is InChI=1S/C12H18N2O3/c15-14(16)12-7-6-11(17-12)9-13-8-10-4-2-1-3-5-10/h6-7,10,13H,1-5,8-9H2. The zero-order chi connectivity index (χ0) is 12.1. The summed E-state index contributed by atoms with van der Waals surface area (Å²) in [7, 11) is 0. The number of nitrogens with one attached hydrogen (secondary N) is 1. The largest absolute Gasteiger partial charge is 0.433 e. The summed E-state index contributed by atoms with van der Waals surface area (Å²) in [6, 6.07) is 3.06. The van der Waals surface area contributed by atoms with Crippen LogP contribution < -0.4 is 5.32 Å². The minimum absolute atomic E-state index is 0.181. The first-order chi connectivity index (χ1) is 8.25. The van der Waals surface area contributed by atoms with E-state index in [4.69, 9.17) is 4.42 Å². The van der Waals surface area contributed by atoms with E-state index in [1.165, 1.54) is 38.2 Å². The molecule has 0 radical (unpaired) electrons. The topological polar surface area (TPSA) is 68.3 Å². The van der Waals surface area contributed by atoms with E-state index in [0.29, 0.717) is 12.3 Å². The zero-order valence-corrected chi connectivity index (χ0v) is 9.85. The van der Waals surface area contributed by atoms with Crippen LogP contribution in [0.1, 0.15) is 37.9 Å². The lowest BCUT2D eigenvalue weighted by atomic mass is 9.89. The van der Waals surface area contributed by atoms with Gasteiger partial charge in [0.15, 0.2) is 0 Å². The second kappa shape index (κ2) is 5.82. The van der Waals surface area contributed by atoms with Crippen molar-refractivity contribution in [2.24, 2.45) is 5.92 Å². The molecule has 5 heteroatoms. The van der Waals surface area contributed by atoms with Gasteiger partial charge in [-0.2, -0.15) is 0 Å².